The van der Waals surface area contributed by atoms with Gasteiger partial charge in [0, 0.05) is 44.0 Å². The van der Waals surface area contributed by atoms with Gasteiger partial charge in [0.15, 0.2) is 0 Å². The fourth-order valence-electron chi connectivity index (χ4n) is 3.63. The third-order valence-electron chi connectivity index (χ3n) is 5.18. The molecular weight excluding hydrogens is 364 g/mol. The van der Waals surface area contributed by atoms with E-state index in [4.69, 9.17) is 0 Å². The summed E-state index contributed by atoms with van der Waals surface area (Å²) >= 11 is 0. The van der Waals surface area contributed by atoms with Crippen molar-refractivity contribution < 1.29 is 9.59 Å². The van der Waals surface area contributed by atoms with Crippen LogP contribution in [-0.2, 0) is 24.4 Å². The second-order valence-electron chi connectivity index (χ2n) is 7.27. The van der Waals surface area contributed by atoms with E-state index >= 15 is 0 Å². The van der Waals surface area contributed by atoms with E-state index in [0.717, 1.165) is 29.7 Å². The summed E-state index contributed by atoms with van der Waals surface area (Å²) in [4.78, 5) is 26.4. The third-order valence-corrected chi connectivity index (χ3v) is 5.18. The second-order valence-corrected chi connectivity index (χ2v) is 7.27. The highest BCUT2D eigenvalue weighted by Gasteiger charge is 2.20. The number of carbonyl (C=O) groups excluding carboxylic acids is 2. The van der Waals surface area contributed by atoms with Gasteiger partial charge >= 0.3 is 0 Å². The van der Waals surface area contributed by atoms with E-state index in [-0.39, 0.29) is 11.8 Å². The lowest BCUT2D eigenvalue weighted by Crippen LogP contribution is -2.25. The molecular formula is C23H24N4O2. The molecule has 1 aliphatic rings. The molecule has 29 heavy (non-hydrogen) atoms. The van der Waals surface area contributed by atoms with Crippen molar-refractivity contribution in [1.82, 2.24) is 20.0 Å². The minimum Gasteiger partial charge on any atom is -0.348 e. The van der Waals surface area contributed by atoms with Gasteiger partial charge in [-0.2, -0.15) is 5.10 Å². The number of amides is 2. The first-order chi connectivity index (χ1) is 14.2. The van der Waals surface area contributed by atoms with Gasteiger partial charge < -0.3 is 10.2 Å². The molecule has 1 aromatic heterocycles. The summed E-state index contributed by atoms with van der Waals surface area (Å²) in [5.74, 6) is 0.0714. The van der Waals surface area contributed by atoms with Crippen molar-refractivity contribution in [2.24, 2.45) is 0 Å². The molecule has 1 aliphatic heterocycles. The fourth-order valence-corrected chi connectivity index (χ4v) is 3.63. The fraction of sp³-hybridized carbons (Fsp3) is 0.261. The molecule has 1 saturated heterocycles. The Balaban J connectivity index is 1.40. The SMILES string of the molecule is O=C(NCc1ccccc1Cn1cccn1)c1cccc(CN2CCCC2=O)c1. The van der Waals surface area contributed by atoms with Crippen molar-refractivity contribution in [2.75, 3.05) is 6.54 Å². The van der Waals surface area contributed by atoms with Crippen LogP contribution in [0.15, 0.2) is 67.0 Å². The number of carbonyl (C=O) groups is 2. The first-order valence-electron chi connectivity index (χ1n) is 9.88. The van der Waals surface area contributed by atoms with Gasteiger partial charge in [-0.3, -0.25) is 14.3 Å². The molecule has 0 saturated carbocycles. The molecule has 2 heterocycles. The molecule has 0 aliphatic carbocycles. The second kappa shape index (κ2) is 8.73. The molecule has 0 radical (unpaired) electrons. The van der Waals surface area contributed by atoms with Crippen LogP contribution in [0.3, 0.4) is 0 Å². The summed E-state index contributed by atoms with van der Waals surface area (Å²) in [6, 6.07) is 17.4. The van der Waals surface area contributed by atoms with Crippen LogP contribution in [0.25, 0.3) is 0 Å². The van der Waals surface area contributed by atoms with Gasteiger partial charge in [-0.25, -0.2) is 0 Å². The normalized spacial score (nSPS) is 13.7. The Labute approximate surface area is 170 Å². The predicted molar refractivity (Wildman–Crippen MR) is 110 cm³/mol. The van der Waals surface area contributed by atoms with Crippen LogP contribution in [0.5, 0.6) is 0 Å². The lowest BCUT2D eigenvalue weighted by Gasteiger charge is -2.16. The van der Waals surface area contributed by atoms with E-state index in [9.17, 15) is 9.59 Å². The van der Waals surface area contributed by atoms with Crippen molar-refractivity contribution in [3.8, 4) is 0 Å². The van der Waals surface area contributed by atoms with E-state index in [1.165, 1.54) is 0 Å². The summed E-state index contributed by atoms with van der Waals surface area (Å²) in [6.07, 6.45) is 5.22. The van der Waals surface area contributed by atoms with Crippen LogP contribution in [0, 0.1) is 0 Å². The largest absolute Gasteiger partial charge is 0.348 e. The molecule has 4 rings (SSSR count). The first-order valence-corrected chi connectivity index (χ1v) is 9.88. The zero-order valence-electron chi connectivity index (χ0n) is 16.3. The van der Waals surface area contributed by atoms with E-state index in [2.05, 4.69) is 16.5 Å². The van der Waals surface area contributed by atoms with E-state index < -0.39 is 0 Å². The Hall–Kier alpha value is -3.41. The van der Waals surface area contributed by atoms with Crippen molar-refractivity contribution in [1.29, 1.82) is 0 Å². The molecule has 3 aromatic rings. The molecule has 2 aromatic carbocycles. The van der Waals surface area contributed by atoms with Crippen molar-refractivity contribution in [2.45, 2.75) is 32.5 Å². The van der Waals surface area contributed by atoms with Gasteiger partial charge in [-0.15, -0.1) is 0 Å². The zero-order valence-corrected chi connectivity index (χ0v) is 16.3. The van der Waals surface area contributed by atoms with Crippen LogP contribution < -0.4 is 5.32 Å². The molecule has 2 amide bonds. The maximum absolute atomic E-state index is 12.7. The van der Waals surface area contributed by atoms with Gasteiger partial charge in [0.05, 0.1) is 6.54 Å². The number of aromatic nitrogens is 2. The Kier molecular flexibility index (Phi) is 5.70. The predicted octanol–water partition coefficient (Wildman–Crippen LogP) is 2.98. The summed E-state index contributed by atoms with van der Waals surface area (Å²) in [7, 11) is 0. The van der Waals surface area contributed by atoms with Crippen LogP contribution in [0.4, 0.5) is 0 Å². The first kappa shape index (κ1) is 18.9. The molecule has 6 nitrogen and oxygen atoms in total. The van der Waals surface area contributed by atoms with Gasteiger partial charge in [0.2, 0.25) is 5.91 Å². The number of hydrogen-bond donors (Lipinski definition) is 1. The molecule has 6 heteroatoms. The van der Waals surface area contributed by atoms with Gasteiger partial charge in [-0.1, -0.05) is 36.4 Å². The molecule has 1 fully saturated rings. The minimum absolute atomic E-state index is 0.117. The average Bonchev–Trinajstić information content (AvgIpc) is 3.39. The number of nitrogens with zero attached hydrogens (tertiary/aromatic N) is 3. The quantitative estimate of drug-likeness (QED) is 0.677. The summed E-state index contributed by atoms with van der Waals surface area (Å²) in [5.41, 5.74) is 3.78. The smallest absolute Gasteiger partial charge is 0.251 e. The molecule has 0 bridgehead atoms. The van der Waals surface area contributed by atoms with Gasteiger partial charge in [0.1, 0.15) is 0 Å². The molecule has 0 unspecified atom stereocenters. The maximum Gasteiger partial charge on any atom is 0.251 e. The highest BCUT2D eigenvalue weighted by molar-refractivity contribution is 5.94. The van der Waals surface area contributed by atoms with Gasteiger partial charge in [0.25, 0.3) is 5.91 Å². The number of hydrogen-bond acceptors (Lipinski definition) is 3. The van der Waals surface area contributed by atoms with Gasteiger partial charge in [-0.05, 0) is 41.3 Å². The average molecular weight is 388 g/mol. The Bertz CT molecular complexity index is 998. The molecule has 0 atom stereocenters. The van der Waals surface area contributed by atoms with Crippen LogP contribution in [0.2, 0.25) is 0 Å². The number of benzene rings is 2. The van der Waals surface area contributed by atoms with E-state index in [1.54, 1.807) is 12.3 Å². The highest BCUT2D eigenvalue weighted by atomic mass is 16.2. The van der Waals surface area contributed by atoms with E-state index in [1.807, 2.05) is 58.2 Å². The topological polar surface area (TPSA) is 67.2 Å². The third kappa shape index (κ3) is 4.71. The lowest BCUT2D eigenvalue weighted by atomic mass is 10.1. The summed E-state index contributed by atoms with van der Waals surface area (Å²) < 4.78 is 1.86. The monoisotopic (exact) mass is 388 g/mol. The molecule has 1 N–H and O–H groups in total. The maximum atomic E-state index is 12.7. The molecule has 0 spiro atoms. The van der Waals surface area contributed by atoms with Crippen molar-refractivity contribution >= 4 is 11.8 Å². The Morgan fingerprint density at radius 3 is 2.66 bits per heavy atom. The van der Waals surface area contributed by atoms with Crippen LogP contribution in [-0.4, -0.2) is 33.0 Å². The van der Waals surface area contributed by atoms with Crippen molar-refractivity contribution in [3.63, 3.8) is 0 Å². The summed E-state index contributed by atoms with van der Waals surface area (Å²) in [6.45, 7) is 2.47. The number of rotatable bonds is 7. The van der Waals surface area contributed by atoms with Crippen LogP contribution in [0.1, 0.15) is 39.9 Å². The Morgan fingerprint density at radius 1 is 1.03 bits per heavy atom. The molecule has 148 valence electrons. The zero-order chi connectivity index (χ0) is 20.1. The lowest BCUT2D eigenvalue weighted by molar-refractivity contribution is -0.128. The standard InChI is InChI=1S/C23H24N4O2/c28-22-10-4-12-26(22)16-18-6-3-9-19(14-18)23(29)24-15-20-7-1-2-8-21(20)17-27-13-5-11-25-27/h1-3,5-9,11,13-14H,4,10,12,15-17H2,(H,24,29). The van der Waals surface area contributed by atoms with Crippen LogP contribution >= 0.6 is 0 Å². The summed E-state index contributed by atoms with van der Waals surface area (Å²) in [5, 5.41) is 7.27. The van der Waals surface area contributed by atoms with Crippen molar-refractivity contribution in [3.05, 3.63) is 89.2 Å². The van der Waals surface area contributed by atoms with E-state index in [0.29, 0.717) is 31.6 Å². The number of likely N-dealkylation sites (tertiary alicyclic amines) is 1. The highest BCUT2D eigenvalue weighted by Crippen LogP contribution is 2.16. The minimum atomic E-state index is -0.117. The Morgan fingerprint density at radius 2 is 1.90 bits per heavy atom. The number of nitrogens with one attached hydrogen (secondary N) is 1.